The fourth-order valence-corrected chi connectivity index (χ4v) is 3.59. The molecule has 0 spiro atoms. The molecule has 1 fully saturated rings. The summed E-state index contributed by atoms with van der Waals surface area (Å²) in [5, 5.41) is 3.61. The maximum Gasteiger partial charge on any atom is 0.0334 e. The first-order chi connectivity index (χ1) is 9.09. The molecule has 0 aliphatic carbocycles. The number of halogens is 1. The first-order valence-electron chi connectivity index (χ1n) is 7.33. The van der Waals surface area contributed by atoms with Gasteiger partial charge in [0.2, 0.25) is 0 Å². The van der Waals surface area contributed by atoms with Gasteiger partial charge in [0.15, 0.2) is 0 Å². The molecule has 0 aromatic heterocycles. The smallest absolute Gasteiger partial charge is 0.0334 e. The third kappa shape index (κ3) is 3.80. The number of nitrogens with zero attached hydrogens (tertiary/aromatic N) is 1. The van der Waals surface area contributed by atoms with E-state index in [4.69, 9.17) is 0 Å². The predicted octanol–water partition coefficient (Wildman–Crippen LogP) is 3.97. The second-order valence-electron chi connectivity index (χ2n) is 5.78. The fourth-order valence-electron chi connectivity index (χ4n) is 2.98. The minimum Gasteiger partial charge on any atom is -0.313 e. The van der Waals surface area contributed by atoms with Gasteiger partial charge in [-0.15, -0.1) is 0 Å². The van der Waals surface area contributed by atoms with E-state index in [1.165, 1.54) is 29.4 Å². The minimum atomic E-state index is 0.443. The average Bonchev–Trinajstić information content (AvgIpc) is 2.88. The molecule has 106 valence electrons. The Morgan fingerprint density at radius 3 is 2.63 bits per heavy atom. The second-order valence-corrected chi connectivity index (χ2v) is 6.64. The summed E-state index contributed by atoms with van der Waals surface area (Å²) in [5.74, 6) is 0. The number of hydrogen-bond donors (Lipinski definition) is 1. The predicted molar refractivity (Wildman–Crippen MR) is 85.4 cm³/mol. The van der Waals surface area contributed by atoms with E-state index in [2.05, 4.69) is 71.2 Å². The molecule has 1 aromatic carbocycles. The SMILES string of the molecule is CC(C)N(CC1CCCN1)C(C)c1ccccc1Br. The van der Waals surface area contributed by atoms with E-state index in [9.17, 15) is 0 Å². The van der Waals surface area contributed by atoms with Crippen LogP contribution in [0, 0.1) is 0 Å². The molecule has 2 nitrogen and oxygen atoms in total. The summed E-state index contributed by atoms with van der Waals surface area (Å²) in [6, 6.07) is 10.2. The summed E-state index contributed by atoms with van der Waals surface area (Å²) in [7, 11) is 0. The minimum absolute atomic E-state index is 0.443. The lowest BCUT2D eigenvalue weighted by molar-refractivity contribution is 0.149. The van der Waals surface area contributed by atoms with Crippen molar-refractivity contribution in [3.63, 3.8) is 0 Å². The van der Waals surface area contributed by atoms with Crippen LogP contribution in [0.3, 0.4) is 0 Å². The molecule has 0 saturated carbocycles. The molecule has 2 rings (SSSR count). The second kappa shape index (κ2) is 6.87. The van der Waals surface area contributed by atoms with Gasteiger partial charge in [-0.1, -0.05) is 34.1 Å². The zero-order chi connectivity index (χ0) is 13.8. The lowest BCUT2D eigenvalue weighted by atomic mass is 10.0. The Kier molecular flexibility index (Phi) is 5.43. The van der Waals surface area contributed by atoms with E-state index in [0.717, 1.165) is 6.54 Å². The van der Waals surface area contributed by atoms with Crippen molar-refractivity contribution in [2.45, 2.75) is 51.7 Å². The van der Waals surface area contributed by atoms with Crippen LogP contribution in [0.2, 0.25) is 0 Å². The van der Waals surface area contributed by atoms with Crippen LogP contribution in [0.15, 0.2) is 28.7 Å². The zero-order valence-electron chi connectivity index (χ0n) is 12.2. The molecule has 0 amide bonds. The van der Waals surface area contributed by atoms with Gasteiger partial charge >= 0.3 is 0 Å². The van der Waals surface area contributed by atoms with E-state index in [0.29, 0.717) is 18.1 Å². The molecule has 1 heterocycles. The highest BCUT2D eigenvalue weighted by Crippen LogP contribution is 2.29. The summed E-state index contributed by atoms with van der Waals surface area (Å²) in [4.78, 5) is 2.60. The molecule has 0 radical (unpaired) electrons. The van der Waals surface area contributed by atoms with Crippen molar-refractivity contribution in [1.82, 2.24) is 10.2 Å². The van der Waals surface area contributed by atoms with E-state index < -0.39 is 0 Å². The van der Waals surface area contributed by atoms with Crippen LogP contribution in [0.25, 0.3) is 0 Å². The fraction of sp³-hybridized carbons (Fsp3) is 0.625. The molecule has 1 aliphatic heterocycles. The van der Waals surface area contributed by atoms with Crippen LogP contribution in [-0.4, -0.2) is 30.1 Å². The lowest BCUT2D eigenvalue weighted by Gasteiger charge is -2.35. The molecule has 2 atom stereocenters. The van der Waals surface area contributed by atoms with Gasteiger partial charge in [0.25, 0.3) is 0 Å². The Labute approximate surface area is 125 Å². The Morgan fingerprint density at radius 2 is 2.05 bits per heavy atom. The summed E-state index contributed by atoms with van der Waals surface area (Å²) in [5.41, 5.74) is 1.38. The quantitative estimate of drug-likeness (QED) is 0.881. The number of nitrogens with one attached hydrogen (secondary N) is 1. The standard InChI is InChI=1S/C16H25BrN2/c1-12(2)19(11-14-7-6-10-18-14)13(3)15-8-4-5-9-16(15)17/h4-5,8-9,12-14,18H,6-7,10-11H2,1-3H3. The lowest BCUT2D eigenvalue weighted by Crippen LogP contribution is -2.42. The maximum atomic E-state index is 3.68. The van der Waals surface area contributed by atoms with Crippen LogP contribution in [-0.2, 0) is 0 Å². The van der Waals surface area contributed by atoms with Crippen LogP contribution in [0.4, 0.5) is 0 Å². The van der Waals surface area contributed by atoms with Gasteiger partial charge in [0.1, 0.15) is 0 Å². The highest BCUT2D eigenvalue weighted by Gasteiger charge is 2.25. The van der Waals surface area contributed by atoms with Crippen molar-refractivity contribution in [3.05, 3.63) is 34.3 Å². The zero-order valence-corrected chi connectivity index (χ0v) is 13.8. The van der Waals surface area contributed by atoms with Gasteiger partial charge in [-0.3, -0.25) is 4.90 Å². The van der Waals surface area contributed by atoms with Crippen molar-refractivity contribution in [3.8, 4) is 0 Å². The number of rotatable bonds is 5. The topological polar surface area (TPSA) is 15.3 Å². The van der Waals surface area contributed by atoms with Gasteiger partial charge in [-0.2, -0.15) is 0 Å². The summed E-state index contributed by atoms with van der Waals surface area (Å²) in [6.07, 6.45) is 2.63. The van der Waals surface area contributed by atoms with Gasteiger partial charge in [-0.25, -0.2) is 0 Å². The first-order valence-corrected chi connectivity index (χ1v) is 8.12. The average molecular weight is 325 g/mol. The molecule has 19 heavy (non-hydrogen) atoms. The van der Waals surface area contributed by atoms with Crippen LogP contribution < -0.4 is 5.32 Å². The van der Waals surface area contributed by atoms with Gasteiger partial charge in [0, 0.05) is 29.1 Å². The molecular weight excluding hydrogens is 300 g/mol. The first kappa shape index (κ1) is 15.0. The number of hydrogen-bond acceptors (Lipinski definition) is 2. The Balaban J connectivity index is 2.11. The largest absolute Gasteiger partial charge is 0.313 e. The normalized spacial score (nSPS) is 21.3. The summed E-state index contributed by atoms with van der Waals surface area (Å²) >= 11 is 3.68. The van der Waals surface area contributed by atoms with Crippen molar-refractivity contribution < 1.29 is 0 Å². The summed E-state index contributed by atoms with van der Waals surface area (Å²) < 4.78 is 1.22. The van der Waals surface area contributed by atoms with E-state index in [-0.39, 0.29) is 0 Å². The Hall–Kier alpha value is -0.380. The highest BCUT2D eigenvalue weighted by molar-refractivity contribution is 9.10. The number of benzene rings is 1. The molecule has 2 unspecified atom stereocenters. The van der Waals surface area contributed by atoms with Crippen molar-refractivity contribution >= 4 is 15.9 Å². The highest BCUT2D eigenvalue weighted by atomic mass is 79.9. The molecule has 3 heteroatoms. The van der Waals surface area contributed by atoms with Crippen LogP contribution in [0.5, 0.6) is 0 Å². The summed E-state index contributed by atoms with van der Waals surface area (Å²) in [6.45, 7) is 9.22. The molecule has 0 bridgehead atoms. The Morgan fingerprint density at radius 1 is 1.32 bits per heavy atom. The monoisotopic (exact) mass is 324 g/mol. The molecule has 1 aromatic rings. The van der Waals surface area contributed by atoms with Gasteiger partial charge < -0.3 is 5.32 Å². The van der Waals surface area contributed by atoms with Gasteiger partial charge in [0.05, 0.1) is 0 Å². The van der Waals surface area contributed by atoms with Crippen molar-refractivity contribution in [2.24, 2.45) is 0 Å². The van der Waals surface area contributed by atoms with Crippen LogP contribution in [0.1, 0.15) is 45.2 Å². The van der Waals surface area contributed by atoms with Gasteiger partial charge in [-0.05, 0) is 51.8 Å². The van der Waals surface area contributed by atoms with Crippen molar-refractivity contribution in [1.29, 1.82) is 0 Å². The Bertz CT molecular complexity index is 399. The molecule has 1 aliphatic rings. The van der Waals surface area contributed by atoms with E-state index in [1.54, 1.807) is 0 Å². The molecular formula is C16H25BrN2. The van der Waals surface area contributed by atoms with E-state index >= 15 is 0 Å². The maximum absolute atomic E-state index is 3.68. The van der Waals surface area contributed by atoms with Crippen LogP contribution >= 0.6 is 15.9 Å². The third-order valence-corrected chi connectivity index (χ3v) is 4.83. The van der Waals surface area contributed by atoms with Crippen molar-refractivity contribution in [2.75, 3.05) is 13.1 Å². The third-order valence-electron chi connectivity index (χ3n) is 4.11. The molecule has 1 saturated heterocycles. The molecule has 1 N–H and O–H groups in total. The van der Waals surface area contributed by atoms with E-state index in [1.807, 2.05) is 0 Å².